The molecular formula is C40H49N5O5. The number of aliphatic hydroxyl groups is 1. The van der Waals surface area contributed by atoms with Crippen molar-refractivity contribution in [1.82, 2.24) is 15.2 Å². The zero-order chi connectivity index (χ0) is 35.1. The lowest BCUT2D eigenvalue weighted by atomic mass is 9.99. The number of carbonyl (C=O) groups excluding carboxylic acids is 2. The number of nitrogens with one attached hydrogen (secondary N) is 2. The lowest BCUT2D eigenvalue weighted by Gasteiger charge is -2.38. The molecule has 3 atom stereocenters. The van der Waals surface area contributed by atoms with Gasteiger partial charge in [-0.2, -0.15) is 0 Å². The smallest absolute Gasteiger partial charge is 0.224 e. The van der Waals surface area contributed by atoms with Gasteiger partial charge in [0.2, 0.25) is 11.8 Å². The maximum atomic E-state index is 12.5. The van der Waals surface area contributed by atoms with E-state index in [0.717, 1.165) is 53.9 Å². The fourth-order valence-corrected chi connectivity index (χ4v) is 5.98. The van der Waals surface area contributed by atoms with Gasteiger partial charge in [-0.15, -0.1) is 0 Å². The Hall–Kier alpha value is -4.61. The summed E-state index contributed by atoms with van der Waals surface area (Å²) in [6, 6.07) is 29.1. The van der Waals surface area contributed by atoms with Gasteiger partial charge in [0.25, 0.3) is 0 Å². The van der Waals surface area contributed by atoms with E-state index in [0.29, 0.717) is 50.0 Å². The largest absolute Gasteiger partial charge is 0.397 e. The Morgan fingerprint density at radius 2 is 1.56 bits per heavy atom. The van der Waals surface area contributed by atoms with Gasteiger partial charge in [-0.3, -0.25) is 14.6 Å². The molecule has 0 bridgehead atoms. The summed E-state index contributed by atoms with van der Waals surface area (Å²) in [5.41, 5.74) is 11.9. The van der Waals surface area contributed by atoms with Crippen molar-refractivity contribution in [2.45, 2.75) is 76.6 Å². The van der Waals surface area contributed by atoms with Gasteiger partial charge in [0.05, 0.1) is 30.2 Å². The standard InChI is InChI=1S/C40H49N5O5/c1-45(24-22-33-9-7-8-23-42-33)27-34-25-37(31-18-16-30(28-46)17-19-31)50-40(49-34)32-20-14-29(15-21-32)26-43-38(47)12-3-2-4-13-39(48)44-36-11-6-5-10-35(36)41/h5-11,14-21,23,34,37,40,46H,2-4,12-13,22,24-28,41H2,1H3,(H,43,47)(H,44,48). The molecule has 1 aliphatic heterocycles. The van der Waals surface area contributed by atoms with E-state index in [1.807, 2.05) is 85.1 Å². The van der Waals surface area contributed by atoms with Crippen LogP contribution in [0.15, 0.2) is 97.2 Å². The van der Waals surface area contributed by atoms with Crippen molar-refractivity contribution in [3.63, 3.8) is 0 Å². The predicted octanol–water partition coefficient (Wildman–Crippen LogP) is 6.08. The molecule has 0 spiro atoms. The molecule has 3 unspecified atom stereocenters. The highest BCUT2D eigenvalue weighted by atomic mass is 16.7. The number of para-hydroxylation sites is 2. The van der Waals surface area contributed by atoms with Gasteiger partial charge < -0.3 is 35.8 Å². The topological polar surface area (TPSA) is 139 Å². The van der Waals surface area contributed by atoms with Gasteiger partial charge >= 0.3 is 0 Å². The second kappa shape index (κ2) is 19.0. The summed E-state index contributed by atoms with van der Waals surface area (Å²) in [6.07, 6.45) is 5.64. The highest BCUT2D eigenvalue weighted by molar-refractivity contribution is 5.93. The first-order valence-corrected chi connectivity index (χ1v) is 17.4. The summed E-state index contributed by atoms with van der Waals surface area (Å²) in [5, 5.41) is 15.4. The first kappa shape index (κ1) is 36.7. The number of unbranched alkanes of at least 4 members (excludes halogenated alkanes) is 2. The third-order valence-electron chi connectivity index (χ3n) is 8.89. The molecule has 50 heavy (non-hydrogen) atoms. The summed E-state index contributed by atoms with van der Waals surface area (Å²) in [4.78, 5) is 31.4. The fraction of sp³-hybridized carbons (Fsp3) is 0.375. The Morgan fingerprint density at radius 3 is 2.28 bits per heavy atom. The zero-order valence-corrected chi connectivity index (χ0v) is 28.8. The molecule has 0 radical (unpaired) electrons. The molecule has 4 aromatic rings. The van der Waals surface area contributed by atoms with Crippen LogP contribution >= 0.6 is 0 Å². The van der Waals surface area contributed by atoms with Crippen LogP contribution in [-0.2, 0) is 38.6 Å². The van der Waals surface area contributed by atoms with Crippen LogP contribution < -0.4 is 16.4 Å². The monoisotopic (exact) mass is 679 g/mol. The minimum atomic E-state index is -0.545. The van der Waals surface area contributed by atoms with Gasteiger partial charge in [0.15, 0.2) is 6.29 Å². The SMILES string of the molecule is CN(CCc1ccccn1)CC1CC(c2ccc(CO)cc2)OC(c2ccc(CNC(=O)CCCCCC(=O)Nc3ccccc3N)cc2)O1. The van der Waals surface area contributed by atoms with Crippen molar-refractivity contribution >= 4 is 23.2 Å². The number of hydrogen-bond acceptors (Lipinski definition) is 8. The number of benzene rings is 3. The Morgan fingerprint density at radius 1 is 0.860 bits per heavy atom. The Bertz CT molecular complexity index is 1630. The molecule has 10 heteroatoms. The van der Waals surface area contributed by atoms with Crippen LogP contribution in [0.2, 0.25) is 0 Å². The number of pyridine rings is 1. The normalized spacial score (nSPS) is 17.4. The number of rotatable bonds is 17. The number of amides is 2. The second-order valence-corrected chi connectivity index (χ2v) is 12.9. The number of hydrogen-bond donors (Lipinski definition) is 4. The number of nitrogens with two attached hydrogens (primary N) is 1. The van der Waals surface area contributed by atoms with E-state index in [2.05, 4.69) is 27.6 Å². The number of nitrogen functional groups attached to an aromatic ring is 1. The third kappa shape index (κ3) is 11.5. The van der Waals surface area contributed by atoms with E-state index in [1.165, 1.54) is 0 Å². The average Bonchev–Trinajstić information content (AvgIpc) is 3.14. The van der Waals surface area contributed by atoms with Crippen molar-refractivity contribution in [1.29, 1.82) is 0 Å². The average molecular weight is 680 g/mol. The van der Waals surface area contributed by atoms with Gasteiger partial charge in [0, 0.05) is 62.8 Å². The summed E-state index contributed by atoms with van der Waals surface area (Å²) < 4.78 is 13.0. The summed E-state index contributed by atoms with van der Waals surface area (Å²) in [7, 11) is 2.10. The first-order valence-electron chi connectivity index (χ1n) is 17.4. The fourth-order valence-electron chi connectivity index (χ4n) is 5.98. The molecule has 1 fully saturated rings. The molecule has 0 saturated carbocycles. The lowest BCUT2D eigenvalue weighted by molar-refractivity contribution is -0.252. The number of aromatic nitrogens is 1. The molecular weight excluding hydrogens is 630 g/mol. The van der Waals surface area contributed by atoms with Crippen LogP contribution in [0.3, 0.4) is 0 Å². The highest BCUT2D eigenvalue weighted by Crippen LogP contribution is 2.38. The zero-order valence-electron chi connectivity index (χ0n) is 28.8. The van der Waals surface area contributed by atoms with Crippen molar-refractivity contribution in [2.75, 3.05) is 31.2 Å². The number of aliphatic hydroxyl groups excluding tert-OH is 1. The minimum absolute atomic E-state index is 0.000239. The summed E-state index contributed by atoms with van der Waals surface area (Å²) in [6.45, 7) is 2.04. The lowest BCUT2D eigenvalue weighted by Crippen LogP contribution is -2.38. The van der Waals surface area contributed by atoms with Crippen molar-refractivity contribution in [2.24, 2.45) is 0 Å². The molecule has 5 rings (SSSR count). The molecule has 1 aliphatic rings. The van der Waals surface area contributed by atoms with E-state index in [-0.39, 0.29) is 30.6 Å². The Kier molecular flexibility index (Phi) is 13.9. The third-order valence-corrected chi connectivity index (χ3v) is 8.89. The van der Waals surface area contributed by atoms with E-state index in [9.17, 15) is 14.7 Å². The van der Waals surface area contributed by atoms with Crippen LogP contribution in [0.4, 0.5) is 11.4 Å². The minimum Gasteiger partial charge on any atom is -0.397 e. The van der Waals surface area contributed by atoms with Crippen LogP contribution in [-0.4, -0.2) is 53.0 Å². The number of likely N-dealkylation sites (N-methyl/N-ethyl adjacent to an activating group) is 1. The van der Waals surface area contributed by atoms with Crippen LogP contribution in [0, 0.1) is 0 Å². The predicted molar refractivity (Wildman–Crippen MR) is 195 cm³/mol. The maximum absolute atomic E-state index is 12.5. The molecule has 264 valence electrons. The van der Waals surface area contributed by atoms with Gasteiger partial charge in [-0.1, -0.05) is 73.2 Å². The molecule has 10 nitrogen and oxygen atoms in total. The van der Waals surface area contributed by atoms with Gasteiger partial charge in [-0.25, -0.2) is 0 Å². The number of ether oxygens (including phenoxy) is 2. The molecule has 0 aliphatic carbocycles. The van der Waals surface area contributed by atoms with E-state index < -0.39 is 6.29 Å². The molecule has 3 aromatic carbocycles. The molecule has 5 N–H and O–H groups in total. The van der Waals surface area contributed by atoms with Crippen LogP contribution in [0.25, 0.3) is 0 Å². The van der Waals surface area contributed by atoms with Gasteiger partial charge in [-0.05, 0) is 60.8 Å². The summed E-state index contributed by atoms with van der Waals surface area (Å²) in [5.74, 6) is -0.0916. The van der Waals surface area contributed by atoms with E-state index in [4.69, 9.17) is 15.2 Å². The van der Waals surface area contributed by atoms with E-state index >= 15 is 0 Å². The second-order valence-electron chi connectivity index (χ2n) is 12.9. The van der Waals surface area contributed by atoms with Crippen molar-refractivity contribution in [3.8, 4) is 0 Å². The van der Waals surface area contributed by atoms with Gasteiger partial charge in [0.1, 0.15) is 0 Å². The van der Waals surface area contributed by atoms with E-state index in [1.54, 1.807) is 12.1 Å². The van der Waals surface area contributed by atoms with Crippen LogP contribution in [0.1, 0.15) is 78.9 Å². The number of carbonyl (C=O) groups is 2. The molecule has 1 aromatic heterocycles. The molecule has 2 heterocycles. The summed E-state index contributed by atoms with van der Waals surface area (Å²) >= 11 is 0. The Balaban J connectivity index is 1.08. The number of nitrogens with zero attached hydrogens (tertiary/aromatic N) is 2. The first-order chi connectivity index (χ1) is 24.4. The van der Waals surface area contributed by atoms with Crippen molar-refractivity contribution in [3.05, 3.63) is 125 Å². The molecule has 1 saturated heterocycles. The Labute approximate surface area is 295 Å². The molecule has 2 amide bonds. The highest BCUT2D eigenvalue weighted by Gasteiger charge is 2.32. The number of anilines is 2. The van der Waals surface area contributed by atoms with Crippen molar-refractivity contribution < 1.29 is 24.2 Å². The quantitative estimate of drug-likeness (QED) is 0.0778. The van der Waals surface area contributed by atoms with Crippen LogP contribution in [0.5, 0.6) is 0 Å². The maximum Gasteiger partial charge on any atom is 0.224 e.